The van der Waals surface area contributed by atoms with Crippen LogP contribution < -0.4 is 10.6 Å². The highest BCUT2D eigenvalue weighted by Crippen LogP contribution is 2.17. The van der Waals surface area contributed by atoms with Crippen LogP contribution in [-0.4, -0.2) is 47.7 Å². The van der Waals surface area contributed by atoms with Crippen LogP contribution in [0.15, 0.2) is 18.3 Å². The van der Waals surface area contributed by atoms with Crippen LogP contribution in [0.3, 0.4) is 0 Å². The number of carbonyl (C=O) groups excluding carboxylic acids is 3. The van der Waals surface area contributed by atoms with Gasteiger partial charge in [0.1, 0.15) is 11.1 Å². The van der Waals surface area contributed by atoms with Crippen molar-refractivity contribution >= 4 is 18.0 Å². The minimum absolute atomic E-state index is 0.128. The Bertz CT molecular complexity index is 688. The number of nitrogens with one attached hydrogen (secondary N) is 2. The number of pyridine rings is 1. The standard InChI is InChI=1S/C19H28FN3O5/c1-18(2,3)28-17(26)21-11-7-6-10-19(4,16(25)27-5)23-15(24)13-8-9-14(20)22-12-13/h8-9,12H,6-7,10-11H2,1-5H3,(H,21,26)(H,23,24)/t19-/m1/s1. The maximum atomic E-state index is 12.9. The van der Waals surface area contributed by atoms with Gasteiger partial charge >= 0.3 is 12.1 Å². The number of aromatic nitrogens is 1. The van der Waals surface area contributed by atoms with Crippen molar-refractivity contribution in [2.75, 3.05) is 13.7 Å². The molecule has 8 nitrogen and oxygen atoms in total. The first-order valence-electron chi connectivity index (χ1n) is 8.96. The Morgan fingerprint density at radius 1 is 1.14 bits per heavy atom. The van der Waals surface area contributed by atoms with Gasteiger partial charge in [0.25, 0.3) is 5.91 Å². The lowest BCUT2D eigenvalue weighted by Crippen LogP contribution is -2.52. The highest BCUT2D eigenvalue weighted by molar-refractivity contribution is 5.97. The molecule has 0 spiro atoms. The zero-order valence-electron chi connectivity index (χ0n) is 16.9. The lowest BCUT2D eigenvalue weighted by molar-refractivity contribution is -0.147. The summed E-state index contributed by atoms with van der Waals surface area (Å²) in [7, 11) is 1.23. The second kappa shape index (κ2) is 10.0. The number of methoxy groups -OCH3 is 1. The van der Waals surface area contributed by atoms with E-state index in [0.717, 1.165) is 12.3 Å². The van der Waals surface area contributed by atoms with E-state index in [0.29, 0.717) is 19.4 Å². The molecular formula is C19H28FN3O5. The molecule has 1 atom stereocenters. The molecule has 0 aromatic carbocycles. The van der Waals surface area contributed by atoms with Gasteiger partial charge in [0.05, 0.1) is 12.7 Å². The number of halogens is 1. The Balaban J connectivity index is 2.57. The maximum Gasteiger partial charge on any atom is 0.407 e. The SMILES string of the molecule is COC(=O)[C@@](C)(CCCCNC(=O)OC(C)(C)C)NC(=O)c1ccc(F)nc1. The summed E-state index contributed by atoms with van der Waals surface area (Å²) in [5.74, 6) is -1.87. The lowest BCUT2D eigenvalue weighted by Gasteiger charge is -2.28. The molecule has 0 aliphatic rings. The third-order valence-corrected chi connectivity index (χ3v) is 3.79. The van der Waals surface area contributed by atoms with Crippen LogP contribution in [-0.2, 0) is 14.3 Å². The Morgan fingerprint density at radius 2 is 1.82 bits per heavy atom. The molecule has 0 aliphatic carbocycles. The van der Waals surface area contributed by atoms with Crippen molar-refractivity contribution in [2.24, 2.45) is 0 Å². The number of alkyl carbamates (subject to hydrolysis) is 1. The largest absolute Gasteiger partial charge is 0.467 e. The molecule has 1 rings (SSSR count). The van der Waals surface area contributed by atoms with E-state index in [9.17, 15) is 18.8 Å². The third-order valence-electron chi connectivity index (χ3n) is 3.79. The molecule has 1 aromatic heterocycles. The molecule has 0 saturated heterocycles. The van der Waals surface area contributed by atoms with Gasteiger partial charge in [-0.1, -0.05) is 0 Å². The van der Waals surface area contributed by atoms with E-state index in [1.54, 1.807) is 27.7 Å². The van der Waals surface area contributed by atoms with Crippen LogP contribution in [0.4, 0.5) is 9.18 Å². The van der Waals surface area contributed by atoms with Crippen molar-refractivity contribution in [3.63, 3.8) is 0 Å². The summed E-state index contributed by atoms with van der Waals surface area (Å²) in [6.07, 6.45) is 1.96. The van der Waals surface area contributed by atoms with Gasteiger partial charge in [-0.3, -0.25) is 4.79 Å². The molecule has 1 aromatic rings. The first-order valence-corrected chi connectivity index (χ1v) is 8.96. The second-order valence-corrected chi connectivity index (χ2v) is 7.53. The highest BCUT2D eigenvalue weighted by atomic mass is 19.1. The zero-order chi connectivity index (χ0) is 21.4. The molecule has 156 valence electrons. The fraction of sp³-hybridized carbons (Fsp3) is 0.579. The Kier molecular flexibility index (Phi) is 8.34. The van der Waals surface area contributed by atoms with E-state index in [2.05, 4.69) is 15.6 Å². The number of ether oxygens (including phenoxy) is 2. The van der Waals surface area contributed by atoms with Gasteiger partial charge in [-0.2, -0.15) is 4.39 Å². The Labute approximate surface area is 164 Å². The fourth-order valence-corrected chi connectivity index (χ4v) is 2.38. The summed E-state index contributed by atoms with van der Waals surface area (Å²) in [4.78, 5) is 39.6. The first kappa shape index (κ1) is 23.3. The van der Waals surface area contributed by atoms with E-state index >= 15 is 0 Å². The van der Waals surface area contributed by atoms with Crippen molar-refractivity contribution in [3.05, 3.63) is 29.8 Å². The monoisotopic (exact) mass is 397 g/mol. The second-order valence-electron chi connectivity index (χ2n) is 7.53. The quantitative estimate of drug-likeness (QED) is 0.397. The number of rotatable bonds is 8. The van der Waals surface area contributed by atoms with Gasteiger partial charge in [0.2, 0.25) is 5.95 Å². The predicted molar refractivity (Wildman–Crippen MR) is 100 cm³/mol. The third kappa shape index (κ3) is 7.89. The maximum absolute atomic E-state index is 12.9. The van der Waals surface area contributed by atoms with Crippen LogP contribution in [0.5, 0.6) is 0 Å². The summed E-state index contributed by atoms with van der Waals surface area (Å²) in [5, 5.41) is 5.25. The number of amides is 2. The molecule has 2 N–H and O–H groups in total. The molecule has 0 unspecified atom stereocenters. The van der Waals surface area contributed by atoms with Crippen LogP contribution in [0.1, 0.15) is 57.3 Å². The molecule has 1 heterocycles. The molecule has 0 saturated carbocycles. The van der Waals surface area contributed by atoms with Gasteiger partial charge in [-0.15, -0.1) is 0 Å². The van der Waals surface area contributed by atoms with Crippen molar-refractivity contribution in [1.82, 2.24) is 15.6 Å². The van der Waals surface area contributed by atoms with Crippen molar-refractivity contribution in [3.8, 4) is 0 Å². The number of hydrogen-bond acceptors (Lipinski definition) is 6. The molecular weight excluding hydrogens is 369 g/mol. The van der Waals surface area contributed by atoms with E-state index in [4.69, 9.17) is 9.47 Å². The summed E-state index contributed by atoms with van der Waals surface area (Å²) in [6, 6.07) is 2.34. The molecule has 0 bridgehead atoms. The average molecular weight is 397 g/mol. The average Bonchev–Trinajstić information content (AvgIpc) is 2.59. The summed E-state index contributed by atoms with van der Waals surface area (Å²) < 4.78 is 22.8. The van der Waals surface area contributed by atoms with E-state index < -0.39 is 35.1 Å². The van der Waals surface area contributed by atoms with Gasteiger partial charge in [0, 0.05) is 12.7 Å². The smallest absolute Gasteiger partial charge is 0.407 e. The van der Waals surface area contributed by atoms with Crippen LogP contribution in [0.25, 0.3) is 0 Å². The number of nitrogens with zero attached hydrogens (tertiary/aromatic N) is 1. The molecule has 0 radical (unpaired) electrons. The van der Waals surface area contributed by atoms with E-state index in [-0.39, 0.29) is 12.0 Å². The van der Waals surface area contributed by atoms with Crippen molar-refractivity contribution in [2.45, 2.75) is 58.1 Å². The Morgan fingerprint density at radius 3 is 2.36 bits per heavy atom. The fourth-order valence-electron chi connectivity index (χ4n) is 2.38. The van der Waals surface area contributed by atoms with Gasteiger partial charge in [0.15, 0.2) is 0 Å². The van der Waals surface area contributed by atoms with Gasteiger partial charge in [-0.05, 0) is 59.1 Å². The summed E-state index contributed by atoms with van der Waals surface area (Å²) in [6.45, 7) is 7.23. The minimum Gasteiger partial charge on any atom is -0.467 e. The first-order chi connectivity index (χ1) is 13.0. The normalized spacial score (nSPS) is 13.2. The minimum atomic E-state index is -1.27. The highest BCUT2D eigenvalue weighted by Gasteiger charge is 2.35. The van der Waals surface area contributed by atoms with Gasteiger partial charge < -0.3 is 20.1 Å². The van der Waals surface area contributed by atoms with Crippen molar-refractivity contribution in [1.29, 1.82) is 0 Å². The molecule has 0 aliphatic heterocycles. The zero-order valence-corrected chi connectivity index (χ0v) is 16.9. The molecule has 9 heteroatoms. The van der Waals surface area contributed by atoms with Crippen LogP contribution in [0.2, 0.25) is 0 Å². The van der Waals surface area contributed by atoms with E-state index in [1.165, 1.54) is 13.2 Å². The number of esters is 1. The molecule has 2 amide bonds. The van der Waals surface area contributed by atoms with E-state index in [1.807, 2.05) is 0 Å². The Hall–Kier alpha value is -2.71. The predicted octanol–water partition coefficient (Wildman–Crippen LogP) is 2.58. The number of unbranched alkanes of at least 4 members (excludes halogenated alkanes) is 1. The molecule has 0 fully saturated rings. The lowest BCUT2D eigenvalue weighted by atomic mass is 9.94. The number of carbonyl (C=O) groups is 3. The topological polar surface area (TPSA) is 107 Å². The number of hydrogen-bond donors (Lipinski definition) is 2. The van der Waals surface area contributed by atoms with Crippen molar-refractivity contribution < 1.29 is 28.2 Å². The summed E-state index contributed by atoms with van der Waals surface area (Å²) >= 11 is 0. The molecule has 28 heavy (non-hydrogen) atoms. The van der Waals surface area contributed by atoms with Crippen LogP contribution in [0, 0.1) is 5.95 Å². The summed E-state index contributed by atoms with van der Waals surface area (Å²) in [5.41, 5.74) is -1.72. The van der Waals surface area contributed by atoms with Gasteiger partial charge in [-0.25, -0.2) is 14.6 Å². The van der Waals surface area contributed by atoms with Crippen LogP contribution >= 0.6 is 0 Å².